The maximum atomic E-state index is 13.0. The van der Waals surface area contributed by atoms with Gasteiger partial charge in [0.05, 0.1) is 16.5 Å². The number of anilines is 1. The molecule has 0 aromatic heterocycles. The average Bonchev–Trinajstić information content (AvgIpc) is 3.35. The molecule has 2 aliphatic heterocycles. The van der Waals surface area contributed by atoms with Crippen molar-refractivity contribution in [1.29, 1.82) is 0 Å². The van der Waals surface area contributed by atoms with E-state index in [4.69, 9.17) is 0 Å². The summed E-state index contributed by atoms with van der Waals surface area (Å²) in [7, 11) is -0.966. The largest absolute Gasteiger partial charge is 0.427 e. The number of fused-ring (bicyclic) bond motifs is 1. The fourth-order valence-corrected chi connectivity index (χ4v) is 5.40. The summed E-state index contributed by atoms with van der Waals surface area (Å²) in [4.78, 5) is 5.21. The number of hydrogen-bond acceptors (Lipinski definition) is 4. The molecule has 6 heteroatoms. The Balaban J connectivity index is 1.62. The Morgan fingerprint density at radius 1 is 1.14 bits per heavy atom. The molecule has 1 unspecified atom stereocenters. The van der Waals surface area contributed by atoms with Crippen LogP contribution in [-0.2, 0) is 10.8 Å². The number of hydrogen-bond donors (Lipinski definition) is 2. The van der Waals surface area contributed by atoms with Crippen molar-refractivity contribution in [1.82, 2.24) is 9.71 Å². The second kappa shape index (κ2) is 6.92. The van der Waals surface area contributed by atoms with Crippen LogP contribution in [0.15, 0.2) is 41.4 Å². The van der Waals surface area contributed by atoms with E-state index in [0.717, 1.165) is 63.0 Å². The van der Waals surface area contributed by atoms with Crippen LogP contribution in [-0.4, -0.2) is 30.9 Å². The fraction of sp³-hybridized carbons (Fsp3) is 0.409. The highest BCUT2D eigenvalue weighted by Gasteiger charge is 2.27. The Hall–Kier alpha value is -2.34. The first-order valence-electron chi connectivity index (χ1n) is 10.1. The summed E-state index contributed by atoms with van der Waals surface area (Å²) >= 11 is 0. The highest BCUT2D eigenvalue weighted by Crippen LogP contribution is 2.40. The van der Waals surface area contributed by atoms with Gasteiger partial charge >= 0.3 is 0 Å². The van der Waals surface area contributed by atoms with E-state index in [1.807, 2.05) is 25.1 Å². The molecule has 1 atom stereocenters. The zero-order valence-corrected chi connectivity index (χ0v) is 16.8. The van der Waals surface area contributed by atoms with E-state index >= 15 is 0 Å². The number of benzene rings is 1. The molecular weight excluding hydrogens is 370 g/mol. The molecule has 0 saturated heterocycles. The smallest absolute Gasteiger partial charge is 0.176 e. The molecule has 0 bridgehead atoms. The number of rotatable bonds is 6. The lowest BCUT2D eigenvalue weighted by Crippen LogP contribution is -2.23. The van der Waals surface area contributed by atoms with Crippen LogP contribution in [0.2, 0.25) is 0 Å². The van der Waals surface area contributed by atoms with Crippen LogP contribution in [0.1, 0.15) is 37.8 Å². The van der Waals surface area contributed by atoms with E-state index in [1.54, 1.807) is 6.20 Å². The van der Waals surface area contributed by atoms with E-state index < -0.39 is 10.8 Å². The Morgan fingerprint density at radius 2 is 1.96 bits per heavy atom. The van der Waals surface area contributed by atoms with Gasteiger partial charge in [-0.25, -0.2) is 4.98 Å². The molecule has 2 fully saturated rings. The summed E-state index contributed by atoms with van der Waals surface area (Å²) < 4.78 is 14.1. The summed E-state index contributed by atoms with van der Waals surface area (Å²) in [5.74, 6) is 1.31. The number of aryl methyl sites for hydroxylation is 1. The number of pyridine rings is 1. The van der Waals surface area contributed by atoms with Gasteiger partial charge in [-0.2, -0.15) is 4.73 Å². The minimum Gasteiger partial charge on any atom is -0.427 e. The maximum Gasteiger partial charge on any atom is 0.176 e. The molecule has 146 valence electrons. The van der Waals surface area contributed by atoms with E-state index in [2.05, 4.69) is 22.4 Å². The summed E-state index contributed by atoms with van der Waals surface area (Å²) in [6.45, 7) is 2.83. The lowest BCUT2D eigenvalue weighted by Gasteiger charge is -2.25. The first kappa shape index (κ1) is 17.7. The lowest BCUT2D eigenvalue weighted by molar-refractivity contribution is 0.180. The molecule has 0 amide bonds. The van der Waals surface area contributed by atoms with Crippen LogP contribution in [0.25, 0.3) is 22.5 Å². The number of nitrogens with zero attached hydrogens (tertiary/aromatic N) is 2. The fourth-order valence-electron chi connectivity index (χ4n) is 3.82. The topological polar surface area (TPSA) is 67.2 Å². The molecule has 2 N–H and O–H groups in total. The summed E-state index contributed by atoms with van der Waals surface area (Å²) in [6, 6.07) is 10.1. The molecule has 1 aromatic carbocycles. The first-order valence-corrected chi connectivity index (χ1v) is 11.3. The third kappa shape index (κ3) is 3.09. The third-order valence-electron chi connectivity index (χ3n) is 6.00. The Labute approximate surface area is 167 Å². The van der Waals surface area contributed by atoms with Gasteiger partial charge in [0, 0.05) is 39.7 Å². The molecule has 2 saturated carbocycles. The first-order chi connectivity index (χ1) is 13.6. The summed E-state index contributed by atoms with van der Waals surface area (Å²) in [6.07, 6.45) is 7.58. The standard InChI is InChI=1S/C22H25N3O2S/c1-14-11-19(18-9-10-23-22(18)25(14)26)20-12-17(28(27)16-3-2-4-16)7-8-21(20)24-13-15-5-6-15/h7-12,15-16,24,26H,2-6,13H2,1H3. The Kier molecular flexibility index (Phi) is 4.38. The van der Waals surface area contributed by atoms with Gasteiger partial charge < -0.3 is 10.5 Å². The van der Waals surface area contributed by atoms with Gasteiger partial charge in [0.2, 0.25) is 0 Å². The SMILES string of the molecule is Cc1cc(-c2cc(S(=O)C3CCC3)ccc2NCC2CC2)c2ccnc-2n1O. The van der Waals surface area contributed by atoms with Crippen LogP contribution in [0.3, 0.4) is 0 Å². The Morgan fingerprint density at radius 3 is 2.68 bits per heavy atom. The van der Waals surface area contributed by atoms with Crippen molar-refractivity contribution in [2.75, 3.05) is 11.9 Å². The minimum atomic E-state index is -0.966. The van der Waals surface area contributed by atoms with E-state index in [1.165, 1.54) is 19.3 Å². The molecule has 2 aliphatic carbocycles. The second-order valence-electron chi connectivity index (χ2n) is 8.08. The van der Waals surface area contributed by atoms with Crippen molar-refractivity contribution < 1.29 is 9.42 Å². The van der Waals surface area contributed by atoms with Crippen molar-refractivity contribution in [3.05, 3.63) is 42.2 Å². The van der Waals surface area contributed by atoms with Crippen molar-refractivity contribution in [3.63, 3.8) is 0 Å². The van der Waals surface area contributed by atoms with E-state index in [9.17, 15) is 9.42 Å². The molecule has 4 aliphatic rings. The van der Waals surface area contributed by atoms with Crippen LogP contribution < -0.4 is 5.32 Å². The molecule has 2 heterocycles. The predicted octanol–water partition coefficient (Wildman–Crippen LogP) is 4.68. The van der Waals surface area contributed by atoms with Gasteiger partial charge in [0.15, 0.2) is 5.82 Å². The third-order valence-corrected chi connectivity index (χ3v) is 7.80. The van der Waals surface area contributed by atoms with Gasteiger partial charge in [0.1, 0.15) is 0 Å². The minimum absolute atomic E-state index is 0.288. The molecule has 0 radical (unpaired) electrons. The van der Waals surface area contributed by atoms with Gasteiger partial charge in [-0.1, -0.05) is 6.42 Å². The van der Waals surface area contributed by atoms with Crippen LogP contribution in [0, 0.1) is 12.8 Å². The van der Waals surface area contributed by atoms with Gasteiger partial charge in [-0.3, -0.25) is 4.21 Å². The average molecular weight is 396 g/mol. The van der Waals surface area contributed by atoms with Crippen molar-refractivity contribution in [2.45, 2.75) is 49.2 Å². The number of nitrogens with one attached hydrogen (secondary N) is 1. The molecule has 28 heavy (non-hydrogen) atoms. The van der Waals surface area contributed by atoms with Crippen molar-refractivity contribution in [3.8, 4) is 22.5 Å². The quantitative estimate of drug-likeness (QED) is 0.595. The van der Waals surface area contributed by atoms with Crippen molar-refractivity contribution in [2.24, 2.45) is 5.92 Å². The predicted molar refractivity (Wildman–Crippen MR) is 111 cm³/mol. The summed E-state index contributed by atoms with van der Waals surface area (Å²) in [5.41, 5.74) is 4.72. The molecule has 5 rings (SSSR count). The molecule has 5 nitrogen and oxygen atoms in total. The highest BCUT2D eigenvalue weighted by atomic mass is 32.2. The van der Waals surface area contributed by atoms with Crippen LogP contribution in [0.5, 0.6) is 0 Å². The van der Waals surface area contributed by atoms with E-state index in [0.29, 0.717) is 5.82 Å². The molecular formula is C22H25N3O2S. The maximum absolute atomic E-state index is 13.0. The monoisotopic (exact) mass is 395 g/mol. The van der Waals surface area contributed by atoms with Crippen LogP contribution >= 0.6 is 0 Å². The van der Waals surface area contributed by atoms with Crippen LogP contribution in [0.4, 0.5) is 5.69 Å². The second-order valence-corrected chi connectivity index (χ2v) is 9.81. The zero-order valence-electron chi connectivity index (χ0n) is 16.0. The zero-order chi connectivity index (χ0) is 19.3. The van der Waals surface area contributed by atoms with Gasteiger partial charge in [0.25, 0.3) is 0 Å². The highest BCUT2D eigenvalue weighted by molar-refractivity contribution is 7.85. The van der Waals surface area contributed by atoms with Crippen molar-refractivity contribution >= 4 is 16.5 Å². The van der Waals surface area contributed by atoms with E-state index in [-0.39, 0.29) is 5.25 Å². The van der Waals surface area contributed by atoms with Gasteiger partial charge in [-0.05, 0) is 74.4 Å². The van der Waals surface area contributed by atoms with Gasteiger partial charge in [-0.15, -0.1) is 0 Å². The lowest BCUT2D eigenvalue weighted by atomic mass is 9.98. The number of aromatic nitrogens is 2. The molecule has 0 spiro atoms. The molecule has 1 aromatic rings. The normalized spacial score (nSPS) is 18.2. The Bertz CT molecular complexity index is 1020. The summed E-state index contributed by atoms with van der Waals surface area (Å²) in [5, 5.41) is 14.2.